The van der Waals surface area contributed by atoms with Gasteiger partial charge in [-0.3, -0.25) is 4.79 Å². The maximum absolute atomic E-state index is 12.2. The third-order valence-electron chi connectivity index (χ3n) is 4.79. The van der Waals surface area contributed by atoms with Gasteiger partial charge in [0.2, 0.25) is 0 Å². The average Bonchev–Trinajstić information content (AvgIpc) is 3.03. The lowest BCUT2D eigenvalue weighted by atomic mass is 10.0. The number of nitrogens with zero attached hydrogens (tertiary/aromatic N) is 2. The van der Waals surface area contributed by atoms with E-state index in [1.54, 1.807) is 0 Å². The molecule has 2 aliphatic heterocycles. The Balaban J connectivity index is 1.66. The van der Waals surface area contributed by atoms with Gasteiger partial charge in [0.15, 0.2) is 6.29 Å². The predicted molar refractivity (Wildman–Crippen MR) is 93.6 cm³/mol. The minimum absolute atomic E-state index is 0.215. The molecule has 0 aromatic heterocycles. The standard InChI is InChI=1S/C19H26N2O3/c1-13-5-6-14(12-22)17(7-13)20-8-15-10-21(11-16(15)9-20)18(23)24-19(2,3)4/h5-7,12,15-16H,8-11H2,1-4H3. The van der Waals surface area contributed by atoms with E-state index in [1.807, 2.05) is 44.7 Å². The van der Waals surface area contributed by atoms with Crippen molar-refractivity contribution in [3.63, 3.8) is 0 Å². The Morgan fingerprint density at radius 2 is 1.79 bits per heavy atom. The number of benzene rings is 1. The summed E-state index contributed by atoms with van der Waals surface area (Å²) in [6, 6.07) is 5.93. The number of hydrogen-bond donors (Lipinski definition) is 0. The van der Waals surface area contributed by atoms with E-state index in [9.17, 15) is 9.59 Å². The van der Waals surface area contributed by atoms with Crippen LogP contribution in [0.15, 0.2) is 18.2 Å². The Morgan fingerprint density at radius 3 is 2.33 bits per heavy atom. The molecule has 0 aliphatic carbocycles. The van der Waals surface area contributed by atoms with Crippen LogP contribution in [0.2, 0.25) is 0 Å². The quantitative estimate of drug-likeness (QED) is 0.782. The average molecular weight is 330 g/mol. The lowest BCUT2D eigenvalue weighted by Gasteiger charge is -2.27. The van der Waals surface area contributed by atoms with Crippen molar-refractivity contribution < 1.29 is 14.3 Å². The third-order valence-corrected chi connectivity index (χ3v) is 4.79. The largest absolute Gasteiger partial charge is 0.444 e. The molecular weight excluding hydrogens is 304 g/mol. The molecule has 2 heterocycles. The van der Waals surface area contributed by atoms with E-state index in [1.165, 1.54) is 0 Å². The maximum atomic E-state index is 12.2. The van der Waals surface area contributed by atoms with Crippen molar-refractivity contribution in [3.05, 3.63) is 29.3 Å². The molecule has 5 heteroatoms. The Kier molecular flexibility index (Phi) is 4.28. The second-order valence-electron chi connectivity index (χ2n) is 7.99. The van der Waals surface area contributed by atoms with Gasteiger partial charge < -0.3 is 14.5 Å². The van der Waals surface area contributed by atoms with Gasteiger partial charge in [-0.15, -0.1) is 0 Å². The summed E-state index contributed by atoms with van der Waals surface area (Å²) in [5.74, 6) is 0.884. The molecule has 2 unspecified atom stereocenters. The van der Waals surface area contributed by atoms with Gasteiger partial charge in [-0.05, 0) is 45.4 Å². The molecule has 0 spiro atoms. The molecule has 5 nitrogen and oxygen atoms in total. The number of anilines is 1. The first kappa shape index (κ1) is 16.8. The highest BCUT2D eigenvalue weighted by Crippen LogP contribution is 2.35. The number of ether oxygens (including phenoxy) is 1. The predicted octanol–water partition coefficient (Wildman–Crippen LogP) is 3.11. The summed E-state index contributed by atoms with van der Waals surface area (Å²) in [4.78, 5) is 27.7. The molecule has 0 N–H and O–H groups in total. The molecule has 1 aromatic rings. The second kappa shape index (κ2) is 6.11. The van der Waals surface area contributed by atoms with Crippen LogP contribution in [0, 0.1) is 18.8 Å². The van der Waals surface area contributed by atoms with Gasteiger partial charge in [0, 0.05) is 49.3 Å². The Labute approximate surface area is 143 Å². The van der Waals surface area contributed by atoms with Crippen molar-refractivity contribution in [3.8, 4) is 0 Å². The lowest BCUT2D eigenvalue weighted by molar-refractivity contribution is 0.0282. The van der Waals surface area contributed by atoms with Crippen LogP contribution in [0.3, 0.4) is 0 Å². The maximum Gasteiger partial charge on any atom is 0.410 e. The fourth-order valence-electron chi connectivity index (χ4n) is 3.69. The smallest absolute Gasteiger partial charge is 0.410 e. The first-order valence-corrected chi connectivity index (χ1v) is 8.55. The minimum atomic E-state index is -0.457. The second-order valence-corrected chi connectivity index (χ2v) is 7.99. The van der Waals surface area contributed by atoms with Crippen LogP contribution in [0.1, 0.15) is 36.7 Å². The van der Waals surface area contributed by atoms with Crippen LogP contribution >= 0.6 is 0 Å². The van der Waals surface area contributed by atoms with Crippen molar-refractivity contribution in [2.24, 2.45) is 11.8 Å². The highest BCUT2D eigenvalue weighted by atomic mass is 16.6. The van der Waals surface area contributed by atoms with Crippen LogP contribution in [0.25, 0.3) is 0 Å². The highest BCUT2D eigenvalue weighted by Gasteiger charge is 2.43. The zero-order chi connectivity index (χ0) is 17.5. The summed E-state index contributed by atoms with van der Waals surface area (Å²) < 4.78 is 5.48. The summed E-state index contributed by atoms with van der Waals surface area (Å²) in [5.41, 5.74) is 2.46. The SMILES string of the molecule is Cc1ccc(C=O)c(N2CC3CN(C(=O)OC(C)(C)C)CC3C2)c1. The molecule has 2 atom stereocenters. The van der Waals surface area contributed by atoms with Gasteiger partial charge in [0.25, 0.3) is 0 Å². The van der Waals surface area contributed by atoms with Crippen LogP contribution in [0.4, 0.5) is 10.5 Å². The van der Waals surface area contributed by atoms with Gasteiger partial charge in [0.05, 0.1) is 0 Å². The summed E-state index contributed by atoms with van der Waals surface area (Å²) >= 11 is 0. The Morgan fingerprint density at radius 1 is 1.17 bits per heavy atom. The molecule has 130 valence electrons. The monoisotopic (exact) mass is 330 g/mol. The summed E-state index contributed by atoms with van der Waals surface area (Å²) in [5, 5.41) is 0. The number of aldehydes is 1. The summed E-state index contributed by atoms with van der Waals surface area (Å²) in [6.07, 6.45) is 0.711. The minimum Gasteiger partial charge on any atom is -0.444 e. The fourth-order valence-corrected chi connectivity index (χ4v) is 3.69. The lowest BCUT2D eigenvalue weighted by Crippen LogP contribution is -2.37. The highest BCUT2D eigenvalue weighted by molar-refractivity contribution is 5.85. The van der Waals surface area contributed by atoms with E-state index in [0.29, 0.717) is 11.8 Å². The van der Waals surface area contributed by atoms with E-state index in [2.05, 4.69) is 11.0 Å². The molecule has 24 heavy (non-hydrogen) atoms. The first-order chi connectivity index (χ1) is 11.3. The number of amides is 1. The van der Waals surface area contributed by atoms with E-state index < -0.39 is 5.60 Å². The first-order valence-electron chi connectivity index (χ1n) is 8.55. The topological polar surface area (TPSA) is 49.9 Å². The number of hydrogen-bond acceptors (Lipinski definition) is 4. The van der Waals surface area contributed by atoms with Crippen LogP contribution in [0.5, 0.6) is 0 Å². The van der Waals surface area contributed by atoms with Gasteiger partial charge in [-0.25, -0.2) is 4.79 Å². The Bertz CT molecular complexity index is 637. The number of likely N-dealkylation sites (tertiary alicyclic amines) is 1. The molecule has 0 radical (unpaired) electrons. The number of carbonyl (C=O) groups is 2. The van der Waals surface area contributed by atoms with Gasteiger partial charge in [0.1, 0.15) is 5.60 Å². The number of rotatable bonds is 2. The third kappa shape index (κ3) is 3.40. The Hall–Kier alpha value is -2.04. The molecule has 0 saturated carbocycles. The van der Waals surface area contributed by atoms with E-state index in [-0.39, 0.29) is 6.09 Å². The number of carbonyl (C=O) groups excluding carboxylic acids is 2. The molecule has 3 rings (SSSR count). The van der Waals surface area contributed by atoms with Crippen molar-refractivity contribution >= 4 is 18.1 Å². The van der Waals surface area contributed by atoms with Crippen LogP contribution in [-0.2, 0) is 4.74 Å². The summed E-state index contributed by atoms with van der Waals surface area (Å²) in [6.45, 7) is 10.9. The zero-order valence-electron chi connectivity index (χ0n) is 14.9. The van der Waals surface area contributed by atoms with Crippen molar-refractivity contribution in [1.29, 1.82) is 0 Å². The molecule has 0 bridgehead atoms. The van der Waals surface area contributed by atoms with E-state index >= 15 is 0 Å². The van der Waals surface area contributed by atoms with Crippen LogP contribution < -0.4 is 4.90 Å². The van der Waals surface area contributed by atoms with Gasteiger partial charge in [-0.2, -0.15) is 0 Å². The molecule has 2 saturated heterocycles. The van der Waals surface area contributed by atoms with Crippen LogP contribution in [-0.4, -0.2) is 49.1 Å². The van der Waals surface area contributed by atoms with Crippen molar-refractivity contribution in [1.82, 2.24) is 4.90 Å². The van der Waals surface area contributed by atoms with Gasteiger partial charge in [-0.1, -0.05) is 6.07 Å². The van der Waals surface area contributed by atoms with Crippen molar-refractivity contribution in [2.75, 3.05) is 31.1 Å². The van der Waals surface area contributed by atoms with Gasteiger partial charge >= 0.3 is 6.09 Å². The number of aryl methyl sites for hydroxylation is 1. The molecule has 1 aromatic carbocycles. The van der Waals surface area contributed by atoms with Crippen molar-refractivity contribution in [2.45, 2.75) is 33.3 Å². The zero-order valence-corrected chi connectivity index (χ0v) is 14.9. The molecular formula is C19H26N2O3. The summed E-state index contributed by atoms with van der Waals surface area (Å²) in [7, 11) is 0. The molecule has 1 amide bonds. The molecule has 2 aliphatic rings. The normalized spacial score (nSPS) is 23.3. The molecule has 2 fully saturated rings. The number of fused-ring (bicyclic) bond motifs is 1. The fraction of sp³-hybridized carbons (Fsp3) is 0.579. The van der Waals surface area contributed by atoms with E-state index in [4.69, 9.17) is 4.74 Å². The van der Waals surface area contributed by atoms with E-state index in [0.717, 1.165) is 49.3 Å².